The lowest BCUT2D eigenvalue weighted by Gasteiger charge is -2.50. The molecule has 2 aliphatic rings. The van der Waals surface area contributed by atoms with Gasteiger partial charge >= 0.3 is 11.9 Å². The van der Waals surface area contributed by atoms with E-state index < -0.39 is 24.1 Å². The van der Waals surface area contributed by atoms with E-state index in [1.54, 1.807) is 0 Å². The Labute approximate surface area is 164 Å². The molecule has 28 heavy (non-hydrogen) atoms. The largest absolute Gasteiger partial charge is 0.463 e. The van der Waals surface area contributed by atoms with Gasteiger partial charge in [-0.2, -0.15) is 0 Å². The van der Waals surface area contributed by atoms with Crippen LogP contribution in [0, 0.1) is 5.92 Å². The molecule has 0 radical (unpaired) electrons. The summed E-state index contributed by atoms with van der Waals surface area (Å²) in [6.07, 6.45) is -1.22. The van der Waals surface area contributed by atoms with Crippen molar-refractivity contribution < 1.29 is 28.6 Å². The number of carbonyl (C=O) groups is 3. The molecule has 0 aliphatic carbocycles. The molecular formula is C21H25NO6. The number of rotatable bonds is 5. The van der Waals surface area contributed by atoms with Gasteiger partial charge in [-0.15, -0.1) is 0 Å². The zero-order valence-corrected chi connectivity index (χ0v) is 16.5. The van der Waals surface area contributed by atoms with Crippen LogP contribution in [0.4, 0.5) is 5.69 Å². The Hall–Kier alpha value is -2.67. The second kappa shape index (κ2) is 8.14. The first-order valence-corrected chi connectivity index (χ1v) is 9.31. The minimum Gasteiger partial charge on any atom is -0.463 e. The van der Waals surface area contributed by atoms with Crippen LogP contribution >= 0.6 is 0 Å². The first-order chi connectivity index (χ1) is 13.3. The van der Waals surface area contributed by atoms with Gasteiger partial charge in [0.15, 0.2) is 5.78 Å². The lowest BCUT2D eigenvalue weighted by molar-refractivity contribution is -0.192. The number of hydrogen-bond acceptors (Lipinski definition) is 7. The lowest BCUT2D eigenvalue weighted by Crippen LogP contribution is -2.58. The predicted molar refractivity (Wildman–Crippen MR) is 101 cm³/mol. The molecule has 7 nitrogen and oxygen atoms in total. The van der Waals surface area contributed by atoms with Crippen LogP contribution in [-0.4, -0.2) is 42.8 Å². The average molecular weight is 387 g/mol. The maximum Gasteiger partial charge on any atom is 0.303 e. The van der Waals surface area contributed by atoms with E-state index in [1.165, 1.54) is 20.8 Å². The van der Waals surface area contributed by atoms with E-state index in [9.17, 15) is 14.4 Å². The smallest absolute Gasteiger partial charge is 0.303 e. The van der Waals surface area contributed by atoms with Crippen molar-refractivity contribution in [2.24, 2.45) is 5.92 Å². The molecule has 3 rings (SSSR count). The van der Waals surface area contributed by atoms with Gasteiger partial charge in [-0.05, 0) is 26.0 Å². The van der Waals surface area contributed by atoms with Crippen LogP contribution in [0.5, 0.6) is 0 Å². The number of ketones is 1. The summed E-state index contributed by atoms with van der Waals surface area (Å²) < 4.78 is 16.9. The van der Waals surface area contributed by atoms with E-state index in [-0.39, 0.29) is 24.5 Å². The predicted octanol–water partition coefficient (Wildman–Crippen LogP) is 2.60. The first kappa shape index (κ1) is 20.1. The van der Waals surface area contributed by atoms with Crippen molar-refractivity contribution in [1.82, 2.24) is 0 Å². The summed E-state index contributed by atoms with van der Waals surface area (Å²) in [7, 11) is 0. The maximum absolute atomic E-state index is 12.5. The summed E-state index contributed by atoms with van der Waals surface area (Å²) in [5.41, 5.74) is 2.30. The number of Topliss-reactive ketones (excluding diaryl/α,β-unsaturated/α-hetero) is 1. The molecule has 1 fully saturated rings. The molecule has 0 amide bonds. The van der Waals surface area contributed by atoms with Gasteiger partial charge in [0.1, 0.15) is 25.0 Å². The van der Waals surface area contributed by atoms with Crippen LogP contribution in [0.3, 0.4) is 0 Å². The summed E-state index contributed by atoms with van der Waals surface area (Å²) in [4.78, 5) is 37.5. The summed E-state index contributed by atoms with van der Waals surface area (Å²) in [6.45, 7) is 5.98. The number of nitrogens with zero attached hydrogens (tertiary/aromatic N) is 1. The molecule has 1 aromatic carbocycles. The molecule has 150 valence electrons. The molecule has 1 saturated heterocycles. The SMILES string of the molecule is CC(=O)OC[C@@H]1O[C@H]2CC(C(C(C)=O)=C(C)N2c2ccccc2)[C@@H]1OC(C)=O. The van der Waals surface area contributed by atoms with Crippen molar-refractivity contribution in [3.63, 3.8) is 0 Å². The van der Waals surface area contributed by atoms with Crippen LogP contribution in [0.25, 0.3) is 0 Å². The van der Waals surface area contributed by atoms with E-state index in [2.05, 4.69) is 0 Å². The average Bonchev–Trinajstić information content (AvgIpc) is 2.62. The third-order valence-electron chi connectivity index (χ3n) is 5.13. The normalized spacial score (nSPS) is 26.6. The third kappa shape index (κ3) is 3.94. The Morgan fingerprint density at radius 2 is 1.79 bits per heavy atom. The zero-order chi connectivity index (χ0) is 20.4. The first-order valence-electron chi connectivity index (χ1n) is 9.31. The number of carbonyl (C=O) groups excluding carboxylic acids is 3. The Kier molecular flexibility index (Phi) is 5.84. The minimum absolute atomic E-state index is 0.0485. The molecule has 0 spiro atoms. The lowest BCUT2D eigenvalue weighted by atomic mass is 9.78. The molecule has 0 saturated carbocycles. The van der Waals surface area contributed by atoms with Crippen LogP contribution < -0.4 is 4.90 Å². The van der Waals surface area contributed by atoms with Gasteiger partial charge in [0, 0.05) is 43.1 Å². The van der Waals surface area contributed by atoms with Gasteiger partial charge in [0.2, 0.25) is 0 Å². The van der Waals surface area contributed by atoms with E-state index in [4.69, 9.17) is 14.2 Å². The molecule has 2 bridgehead atoms. The molecule has 1 aromatic rings. The fraction of sp³-hybridized carbons (Fsp3) is 0.476. The molecule has 0 N–H and O–H groups in total. The standard InChI is InChI=1S/C21H25NO6/c1-12-20(13(2)23)17-10-19(22(12)16-8-6-5-7-9-16)28-18(11-26-14(3)24)21(17)27-15(4)25/h5-9,17-19,21H,10-11H2,1-4H3/t17?,18-,19-,21-/m0/s1. The summed E-state index contributed by atoms with van der Waals surface area (Å²) in [6, 6.07) is 9.66. The minimum atomic E-state index is -0.695. The van der Waals surface area contributed by atoms with Crippen LogP contribution in [0.1, 0.15) is 34.1 Å². The Balaban J connectivity index is 2.05. The fourth-order valence-electron chi connectivity index (χ4n) is 4.16. The monoisotopic (exact) mass is 387 g/mol. The highest BCUT2D eigenvalue weighted by molar-refractivity contribution is 5.95. The molecule has 4 atom stereocenters. The number of allylic oxidation sites excluding steroid dienone is 1. The van der Waals surface area contributed by atoms with Crippen LogP contribution in [0.15, 0.2) is 41.6 Å². The maximum atomic E-state index is 12.5. The fourth-order valence-corrected chi connectivity index (χ4v) is 4.16. The zero-order valence-electron chi connectivity index (χ0n) is 16.5. The second-order valence-corrected chi connectivity index (χ2v) is 7.11. The van der Waals surface area contributed by atoms with E-state index in [1.807, 2.05) is 42.2 Å². The highest BCUT2D eigenvalue weighted by atomic mass is 16.6. The summed E-state index contributed by atoms with van der Waals surface area (Å²) >= 11 is 0. The van der Waals surface area contributed by atoms with Gasteiger partial charge in [-0.1, -0.05) is 18.2 Å². The highest BCUT2D eigenvalue weighted by Gasteiger charge is 2.49. The molecule has 1 unspecified atom stereocenters. The molecular weight excluding hydrogens is 362 g/mol. The molecule has 2 aliphatic heterocycles. The van der Waals surface area contributed by atoms with Crippen molar-refractivity contribution in [2.45, 2.75) is 52.6 Å². The summed E-state index contributed by atoms with van der Waals surface area (Å²) in [5.74, 6) is -1.31. The van der Waals surface area contributed by atoms with Crippen molar-refractivity contribution in [3.05, 3.63) is 41.6 Å². The van der Waals surface area contributed by atoms with Gasteiger partial charge in [-0.3, -0.25) is 14.4 Å². The van der Waals surface area contributed by atoms with Crippen LogP contribution in [-0.2, 0) is 28.6 Å². The topological polar surface area (TPSA) is 82.1 Å². The number of benzene rings is 1. The Morgan fingerprint density at radius 1 is 1.11 bits per heavy atom. The number of esters is 2. The van der Waals surface area contributed by atoms with Gasteiger partial charge < -0.3 is 19.1 Å². The highest BCUT2D eigenvalue weighted by Crippen LogP contribution is 2.43. The van der Waals surface area contributed by atoms with Crippen molar-refractivity contribution in [2.75, 3.05) is 11.5 Å². The summed E-state index contributed by atoms with van der Waals surface area (Å²) in [5, 5.41) is 0. The van der Waals surface area contributed by atoms with E-state index in [0.717, 1.165) is 11.4 Å². The second-order valence-electron chi connectivity index (χ2n) is 7.11. The quantitative estimate of drug-likeness (QED) is 0.718. The number of para-hydroxylation sites is 1. The van der Waals surface area contributed by atoms with Gasteiger partial charge in [-0.25, -0.2) is 0 Å². The molecule has 7 heteroatoms. The van der Waals surface area contributed by atoms with Crippen molar-refractivity contribution in [3.8, 4) is 0 Å². The Bertz CT molecular complexity index is 802. The van der Waals surface area contributed by atoms with E-state index >= 15 is 0 Å². The van der Waals surface area contributed by atoms with E-state index in [0.29, 0.717) is 12.0 Å². The number of ether oxygens (including phenoxy) is 3. The Morgan fingerprint density at radius 3 is 2.36 bits per heavy atom. The number of hydrogen-bond donors (Lipinski definition) is 0. The third-order valence-corrected chi connectivity index (χ3v) is 5.13. The van der Waals surface area contributed by atoms with Crippen LogP contribution in [0.2, 0.25) is 0 Å². The van der Waals surface area contributed by atoms with Crippen molar-refractivity contribution in [1.29, 1.82) is 0 Å². The molecule has 2 heterocycles. The number of anilines is 1. The van der Waals surface area contributed by atoms with Gasteiger partial charge in [0.25, 0.3) is 0 Å². The van der Waals surface area contributed by atoms with Crippen molar-refractivity contribution >= 4 is 23.4 Å². The number of fused-ring (bicyclic) bond motifs is 2. The molecule has 0 aromatic heterocycles. The van der Waals surface area contributed by atoms with Gasteiger partial charge in [0.05, 0.1) is 0 Å².